The van der Waals surface area contributed by atoms with Crippen LogP contribution >= 0.6 is 24.0 Å². The Hall–Kier alpha value is -1.10. The van der Waals surface area contributed by atoms with E-state index in [1.165, 1.54) is 0 Å². The molecule has 0 bridgehead atoms. The first kappa shape index (κ1) is 19.9. The maximum atomic E-state index is 12.8. The molecule has 0 spiro atoms. The van der Waals surface area contributed by atoms with E-state index in [1.807, 2.05) is 18.2 Å². The van der Waals surface area contributed by atoms with Crippen LogP contribution < -0.4 is 5.73 Å². The van der Waals surface area contributed by atoms with Crippen LogP contribution in [-0.4, -0.2) is 30.2 Å². The van der Waals surface area contributed by atoms with E-state index in [4.69, 9.17) is 17.3 Å². The Kier molecular flexibility index (Phi) is 7.52. The second-order valence-electron chi connectivity index (χ2n) is 5.82. The Labute approximate surface area is 148 Å². The highest BCUT2D eigenvalue weighted by molar-refractivity contribution is 6.31. The van der Waals surface area contributed by atoms with E-state index in [0.29, 0.717) is 37.3 Å². The number of hydrogen-bond acceptors (Lipinski definition) is 3. The van der Waals surface area contributed by atoms with E-state index < -0.39 is 5.54 Å². The summed E-state index contributed by atoms with van der Waals surface area (Å²) >= 11 is 6.36. The van der Waals surface area contributed by atoms with Crippen LogP contribution in [0.5, 0.6) is 0 Å². The molecule has 1 aromatic carbocycles. The predicted octanol–water partition coefficient (Wildman–Crippen LogP) is 3.30. The maximum Gasteiger partial charge on any atom is 0.223 e. The lowest BCUT2D eigenvalue weighted by Crippen LogP contribution is -2.54. The number of halogens is 2. The molecule has 2 N–H and O–H groups in total. The lowest BCUT2D eigenvalue weighted by atomic mass is 9.74. The highest BCUT2D eigenvalue weighted by atomic mass is 35.5. The Bertz CT molecular complexity index is 565. The van der Waals surface area contributed by atoms with Gasteiger partial charge in [-0.15, -0.1) is 12.4 Å². The molecule has 1 aliphatic rings. The molecule has 0 radical (unpaired) electrons. The van der Waals surface area contributed by atoms with Gasteiger partial charge < -0.3 is 10.6 Å². The molecule has 1 amide bonds. The first-order valence-electron chi connectivity index (χ1n) is 7.79. The van der Waals surface area contributed by atoms with Crippen LogP contribution in [0.4, 0.5) is 0 Å². The van der Waals surface area contributed by atoms with Gasteiger partial charge in [-0.25, -0.2) is 0 Å². The number of benzene rings is 1. The van der Waals surface area contributed by atoms with E-state index >= 15 is 0 Å². The zero-order valence-corrected chi connectivity index (χ0v) is 15.0. The van der Waals surface area contributed by atoms with Crippen LogP contribution in [0.1, 0.15) is 44.1 Å². The molecule has 0 unspecified atom stereocenters. The molecule has 128 valence electrons. The van der Waals surface area contributed by atoms with Crippen molar-refractivity contribution in [3.05, 3.63) is 34.9 Å². The number of likely N-dealkylation sites (N-methyl/N-ethyl adjacent to an activating group) is 1. The third kappa shape index (κ3) is 3.87. The molecule has 2 rings (SSSR count). The Balaban J connectivity index is 0.00000264. The van der Waals surface area contributed by atoms with Gasteiger partial charge in [0.25, 0.3) is 0 Å². The van der Waals surface area contributed by atoms with Crippen molar-refractivity contribution in [3.63, 3.8) is 0 Å². The quantitative estimate of drug-likeness (QED) is 0.877. The van der Waals surface area contributed by atoms with Gasteiger partial charge in [-0.2, -0.15) is 0 Å². The molecule has 0 aliphatic heterocycles. The Morgan fingerprint density at radius 2 is 2.04 bits per heavy atom. The number of rotatable bonds is 5. The van der Waals surface area contributed by atoms with Crippen LogP contribution in [0.15, 0.2) is 24.3 Å². The molecule has 1 fully saturated rings. The Morgan fingerprint density at radius 3 is 2.65 bits per heavy atom. The van der Waals surface area contributed by atoms with Crippen LogP contribution in [-0.2, 0) is 15.1 Å². The van der Waals surface area contributed by atoms with Crippen LogP contribution in [0.25, 0.3) is 0 Å². The molecule has 0 saturated heterocycles. The second-order valence-corrected chi connectivity index (χ2v) is 6.22. The van der Waals surface area contributed by atoms with Crippen molar-refractivity contribution < 1.29 is 9.59 Å². The summed E-state index contributed by atoms with van der Waals surface area (Å²) in [5, 5.41) is 0.538. The van der Waals surface area contributed by atoms with Gasteiger partial charge in [-0.3, -0.25) is 9.59 Å². The summed E-state index contributed by atoms with van der Waals surface area (Å²) < 4.78 is 0. The fraction of sp³-hybridized carbons (Fsp3) is 0.529. The van der Waals surface area contributed by atoms with Crippen LogP contribution in [0.3, 0.4) is 0 Å². The summed E-state index contributed by atoms with van der Waals surface area (Å²) in [6, 6.07) is 7.34. The van der Waals surface area contributed by atoms with Gasteiger partial charge in [0.05, 0.1) is 0 Å². The van der Waals surface area contributed by atoms with Crippen LogP contribution in [0, 0.1) is 0 Å². The SMILES string of the molecule is CN(C(=O)CCCN)[C@]1(c2ccccc2Cl)CCCCC1=O.Cl. The minimum absolute atomic E-state index is 0. The van der Waals surface area contributed by atoms with Gasteiger partial charge in [0, 0.05) is 30.5 Å². The first-order chi connectivity index (χ1) is 10.5. The maximum absolute atomic E-state index is 12.8. The molecule has 4 nitrogen and oxygen atoms in total. The number of nitrogens with two attached hydrogens (primary N) is 1. The number of Topliss-reactive ketones (excluding diaryl/α,β-unsaturated/α-hetero) is 1. The third-order valence-corrected chi connectivity index (χ3v) is 4.84. The molecule has 1 aliphatic carbocycles. The summed E-state index contributed by atoms with van der Waals surface area (Å²) in [6.07, 6.45) is 3.87. The molecular weight excluding hydrogens is 335 g/mol. The van der Waals surface area contributed by atoms with Crippen molar-refractivity contribution in [1.29, 1.82) is 0 Å². The largest absolute Gasteiger partial charge is 0.330 e. The fourth-order valence-corrected chi connectivity index (χ4v) is 3.56. The topological polar surface area (TPSA) is 63.4 Å². The average Bonchev–Trinajstić information content (AvgIpc) is 2.53. The summed E-state index contributed by atoms with van der Waals surface area (Å²) in [6.45, 7) is 0.465. The molecule has 1 atom stereocenters. The molecule has 23 heavy (non-hydrogen) atoms. The summed E-state index contributed by atoms with van der Waals surface area (Å²) in [5.41, 5.74) is 5.30. The monoisotopic (exact) mass is 358 g/mol. The molecule has 0 aromatic heterocycles. The predicted molar refractivity (Wildman–Crippen MR) is 94.9 cm³/mol. The molecular formula is C17H24Cl2N2O2. The van der Waals surface area contributed by atoms with E-state index in [-0.39, 0.29) is 24.1 Å². The van der Waals surface area contributed by atoms with Gasteiger partial charge >= 0.3 is 0 Å². The van der Waals surface area contributed by atoms with Gasteiger partial charge in [0.15, 0.2) is 5.78 Å². The lowest BCUT2D eigenvalue weighted by Gasteiger charge is -2.44. The third-order valence-electron chi connectivity index (χ3n) is 4.51. The van der Waals surface area contributed by atoms with Gasteiger partial charge in [0.1, 0.15) is 5.54 Å². The highest BCUT2D eigenvalue weighted by Gasteiger charge is 2.47. The number of hydrogen-bond donors (Lipinski definition) is 1. The van der Waals surface area contributed by atoms with Gasteiger partial charge in [-0.1, -0.05) is 29.8 Å². The number of nitrogens with zero attached hydrogens (tertiary/aromatic N) is 1. The average molecular weight is 359 g/mol. The minimum atomic E-state index is -0.928. The van der Waals surface area contributed by atoms with Crippen molar-refractivity contribution >= 4 is 35.7 Å². The number of amides is 1. The van der Waals surface area contributed by atoms with Crippen molar-refractivity contribution in [1.82, 2.24) is 4.90 Å². The Morgan fingerprint density at radius 1 is 1.35 bits per heavy atom. The lowest BCUT2D eigenvalue weighted by molar-refractivity contribution is -0.148. The van der Waals surface area contributed by atoms with E-state index in [0.717, 1.165) is 18.4 Å². The van der Waals surface area contributed by atoms with E-state index in [1.54, 1.807) is 18.0 Å². The van der Waals surface area contributed by atoms with Crippen molar-refractivity contribution in [2.75, 3.05) is 13.6 Å². The van der Waals surface area contributed by atoms with Crippen molar-refractivity contribution in [3.8, 4) is 0 Å². The standard InChI is InChI=1S/C17H23ClN2O2.ClH/c1-20(16(22)10-6-12-19)17(11-5-4-9-15(17)21)13-7-2-3-8-14(13)18;/h2-3,7-8H,4-6,9-12,19H2,1H3;1H/t17-;/m0./s1. The smallest absolute Gasteiger partial charge is 0.223 e. The summed E-state index contributed by atoms with van der Waals surface area (Å²) in [5.74, 6) is 0.0241. The zero-order chi connectivity index (χ0) is 16.2. The van der Waals surface area contributed by atoms with Crippen LogP contribution in [0.2, 0.25) is 5.02 Å². The summed E-state index contributed by atoms with van der Waals surface area (Å²) in [4.78, 5) is 26.9. The number of carbonyl (C=O) groups is 2. The molecule has 0 heterocycles. The first-order valence-corrected chi connectivity index (χ1v) is 8.17. The highest BCUT2D eigenvalue weighted by Crippen LogP contribution is 2.42. The molecule has 1 saturated carbocycles. The summed E-state index contributed by atoms with van der Waals surface area (Å²) in [7, 11) is 1.71. The number of carbonyl (C=O) groups excluding carboxylic acids is 2. The minimum Gasteiger partial charge on any atom is -0.330 e. The van der Waals surface area contributed by atoms with Crippen molar-refractivity contribution in [2.24, 2.45) is 5.73 Å². The fourth-order valence-electron chi connectivity index (χ4n) is 3.26. The zero-order valence-electron chi connectivity index (χ0n) is 13.4. The molecule has 6 heteroatoms. The number of ketones is 1. The normalized spacial score (nSPS) is 20.7. The van der Waals surface area contributed by atoms with E-state index in [9.17, 15) is 9.59 Å². The second kappa shape index (κ2) is 8.67. The van der Waals surface area contributed by atoms with Gasteiger partial charge in [0.2, 0.25) is 5.91 Å². The van der Waals surface area contributed by atoms with E-state index in [2.05, 4.69) is 0 Å². The van der Waals surface area contributed by atoms with Crippen molar-refractivity contribution in [2.45, 2.75) is 44.1 Å². The van der Waals surface area contributed by atoms with Gasteiger partial charge in [-0.05, 0) is 38.3 Å². The molecule has 1 aromatic rings.